The van der Waals surface area contributed by atoms with Crippen molar-refractivity contribution in [1.82, 2.24) is 5.32 Å². The van der Waals surface area contributed by atoms with Gasteiger partial charge in [-0.1, -0.05) is 5.11 Å². The zero-order chi connectivity index (χ0) is 21.6. The molecule has 1 aromatic heterocycles. The lowest BCUT2D eigenvalue weighted by Gasteiger charge is -2.08. The highest BCUT2D eigenvalue weighted by Crippen LogP contribution is 2.18. The topological polar surface area (TPSA) is 148 Å². The van der Waals surface area contributed by atoms with Gasteiger partial charge < -0.3 is 29.3 Å². The molecule has 0 bridgehead atoms. The summed E-state index contributed by atoms with van der Waals surface area (Å²) in [5.41, 5.74) is 8.58. The van der Waals surface area contributed by atoms with Crippen molar-refractivity contribution in [2.45, 2.75) is 0 Å². The standard InChI is InChI=1S/C19H25N5O6/c1-21-15-3-2-14-12-16(19(26)30-17(14)13-15)18(25)22-4-6-27-8-10-29-11-9-28-7-5-23-24-20/h2-3,12-13,21H,4-11H2,1H3,(H,22,25). The summed E-state index contributed by atoms with van der Waals surface area (Å²) < 4.78 is 21.1. The van der Waals surface area contributed by atoms with Crippen LogP contribution in [0.25, 0.3) is 21.4 Å². The van der Waals surface area contributed by atoms with E-state index >= 15 is 0 Å². The molecule has 0 saturated heterocycles. The average molecular weight is 419 g/mol. The molecule has 0 aliphatic rings. The third-order valence-electron chi connectivity index (χ3n) is 3.94. The highest BCUT2D eigenvalue weighted by Gasteiger charge is 2.13. The molecule has 2 N–H and O–H groups in total. The van der Waals surface area contributed by atoms with Gasteiger partial charge in [-0.15, -0.1) is 0 Å². The summed E-state index contributed by atoms with van der Waals surface area (Å²) in [5, 5.41) is 9.60. The van der Waals surface area contributed by atoms with E-state index in [1.807, 2.05) is 6.07 Å². The molecule has 2 rings (SSSR count). The van der Waals surface area contributed by atoms with Crippen molar-refractivity contribution in [2.75, 3.05) is 65.1 Å². The summed E-state index contributed by atoms with van der Waals surface area (Å²) in [6, 6.07) is 6.81. The normalized spacial score (nSPS) is 10.6. The minimum absolute atomic E-state index is 0.0523. The Morgan fingerprint density at radius 2 is 1.80 bits per heavy atom. The predicted octanol–water partition coefficient (Wildman–Crippen LogP) is 1.92. The monoisotopic (exact) mass is 419 g/mol. The van der Waals surface area contributed by atoms with Crippen LogP contribution < -0.4 is 16.3 Å². The van der Waals surface area contributed by atoms with Crippen LogP contribution >= 0.6 is 0 Å². The van der Waals surface area contributed by atoms with Gasteiger partial charge in [0.2, 0.25) is 0 Å². The van der Waals surface area contributed by atoms with Gasteiger partial charge in [0.25, 0.3) is 5.91 Å². The van der Waals surface area contributed by atoms with Gasteiger partial charge in [0.1, 0.15) is 11.1 Å². The molecule has 0 saturated carbocycles. The number of nitrogens with zero attached hydrogens (tertiary/aromatic N) is 3. The van der Waals surface area contributed by atoms with Crippen LogP contribution in [0.2, 0.25) is 0 Å². The number of amides is 1. The van der Waals surface area contributed by atoms with Gasteiger partial charge in [0, 0.05) is 42.2 Å². The summed E-state index contributed by atoms with van der Waals surface area (Å²) in [7, 11) is 1.76. The van der Waals surface area contributed by atoms with Crippen LogP contribution in [0.3, 0.4) is 0 Å². The summed E-state index contributed by atoms with van der Waals surface area (Å²) >= 11 is 0. The van der Waals surface area contributed by atoms with Crippen LogP contribution in [-0.2, 0) is 14.2 Å². The van der Waals surface area contributed by atoms with E-state index in [1.54, 1.807) is 19.2 Å². The first-order valence-corrected chi connectivity index (χ1v) is 9.43. The molecule has 11 nitrogen and oxygen atoms in total. The van der Waals surface area contributed by atoms with E-state index in [1.165, 1.54) is 6.07 Å². The Balaban J connectivity index is 1.61. The number of carbonyl (C=O) groups excluding carboxylic acids is 1. The highest BCUT2D eigenvalue weighted by atomic mass is 16.5. The van der Waals surface area contributed by atoms with E-state index in [0.29, 0.717) is 50.5 Å². The first-order valence-electron chi connectivity index (χ1n) is 9.43. The molecule has 0 radical (unpaired) electrons. The largest absolute Gasteiger partial charge is 0.422 e. The lowest BCUT2D eigenvalue weighted by atomic mass is 10.1. The second-order valence-corrected chi connectivity index (χ2v) is 6.00. The van der Waals surface area contributed by atoms with Crippen molar-refractivity contribution in [1.29, 1.82) is 0 Å². The average Bonchev–Trinajstić information content (AvgIpc) is 2.75. The number of carbonyl (C=O) groups is 1. The number of nitrogens with one attached hydrogen (secondary N) is 2. The Kier molecular flexibility index (Phi) is 10.2. The van der Waals surface area contributed by atoms with Gasteiger partial charge in [-0.3, -0.25) is 4.79 Å². The van der Waals surface area contributed by atoms with E-state index in [-0.39, 0.29) is 18.7 Å². The molecule has 30 heavy (non-hydrogen) atoms. The van der Waals surface area contributed by atoms with Gasteiger partial charge in [-0.05, 0) is 23.7 Å². The minimum atomic E-state index is -0.691. The van der Waals surface area contributed by atoms with Crippen molar-refractivity contribution >= 4 is 22.6 Å². The van der Waals surface area contributed by atoms with Crippen LogP contribution in [0.15, 0.2) is 38.6 Å². The molecule has 162 valence electrons. The molecule has 11 heteroatoms. The van der Waals surface area contributed by atoms with Crippen LogP contribution in [-0.4, -0.2) is 65.7 Å². The second-order valence-electron chi connectivity index (χ2n) is 6.00. The molecule has 1 amide bonds. The second kappa shape index (κ2) is 13.2. The number of anilines is 1. The van der Waals surface area contributed by atoms with Crippen LogP contribution in [0.1, 0.15) is 10.4 Å². The van der Waals surface area contributed by atoms with Crippen molar-refractivity contribution in [2.24, 2.45) is 5.11 Å². The molecular weight excluding hydrogens is 394 g/mol. The van der Waals surface area contributed by atoms with Crippen LogP contribution in [0.5, 0.6) is 0 Å². The summed E-state index contributed by atoms with van der Waals surface area (Å²) in [5.74, 6) is -0.513. The van der Waals surface area contributed by atoms with Gasteiger partial charge in [-0.2, -0.15) is 0 Å². The molecule has 1 heterocycles. The Morgan fingerprint density at radius 1 is 1.10 bits per heavy atom. The quantitative estimate of drug-likeness (QED) is 0.156. The van der Waals surface area contributed by atoms with Gasteiger partial charge >= 0.3 is 5.63 Å². The lowest BCUT2D eigenvalue weighted by molar-refractivity contribution is 0.0166. The Morgan fingerprint density at radius 3 is 2.50 bits per heavy atom. The first-order chi connectivity index (χ1) is 14.7. The van der Waals surface area contributed by atoms with E-state index in [4.69, 9.17) is 24.2 Å². The molecule has 0 aliphatic heterocycles. The zero-order valence-electron chi connectivity index (χ0n) is 16.8. The maximum absolute atomic E-state index is 12.2. The molecule has 0 unspecified atom stereocenters. The van der Waals surface area contributed by atoms with Crippen LogP contribution in [0.4, 0.5) is 5.69 Å². The van der Waals surface area contributed by atoms with E-state index in [9.17, 15) is 9.59 Å². The van der Waals surface area contributed by atoms with E-state index in [2.05, 4.69) is 20.7 Å². The number of hydrogen-bond acceptors (Lipinski definition) is 8. The molecule has 0 aliphatic carbocycles. The highest BCUT2D eigenvalue weighted by molar-refractivity contribution is 5.96. The van der Waals surface area contributed by atoms with Crippen molar-refractivity contribution in [3.63, 3.8) is 0 Å². The summed E-state index contributed by atoms with van der Waals surface area (Å²) in [6.07, 6.45) is 0. The molecule has 2 aromatic rings. The Bertz CT molecular complexity index is 925. The number of hydrogen-bond donors (Lipinski definition) is 2. The van der Waals surface area contributed by atoms with E-state index < -0.39 is 11.5 Å². The molecular formula is C19H25N5O6. The van der Waals surface area contributed by atoms with E-state index in [0.717, 1.165) is 5.69 Å². The first kappa shape index (κ1) is 23.2. The third kappa shape index (κ3) is 7.72. The fraction of sp³-hybridized carbons (Fsp3) is 0.474. The Labute approximate surface area is 172 Å². The molecule has 0 fully saturated rings. The number of ether oxygens (including phenoxy) is 3. The zero-order valence-corrected chi connectivity index (χ0v) is 16.8. The lowest BCUT2D eigenvalue weighted by Crippen LogP contribution is -2.31. The summed E-state index contributed by atoms with van der Waals surface area (Å²) in [6.45, 7) is 2.74. The van der Waals surface area contributed by atoms with Crippen molar-refractivity contribution < 1.29 is 23.4 Å². The smallest absolute Gasteiger partial charge is 0.349 e. The van der Waals surface area contributed by atoms with Gasteiger partial charge in [0.05, 0.1) is 39.6 Å². The fourth-order valence-corrected chi connectivity index (χ4v) is 2.45. The summed E-state index contributed by atoms with van der Waals surface area (Å²) in [4.78, 5) is 26.9. The SMILES string of the molecule is CNc1ccc2cc(C(=O)NCCOCCOCCOCCN=[N+]=[N-])c(=O)oc2c1. The minimum Gasteiger partial charge on any atom is -0.422 e. The molecule has 0 atom stereocenters. The fourth-order valence-electron chi connectivity index (χ4n) is 2.45. The third-order valence-corrected chi connectivity index (χ3v) is 3.94. The van der Waals surface area contributed by atoms with Crippen LogP contribution in [0, 0.1) is 0 Å². The predicted molar refractivity (Wildman–Crippen MR) is 111 cm³/mol. The molecule has 0 spiro atoms. The maximum atomic E-state index is 12.2. The number of rotatable bonds is 14. The van der Waals surface area contributed by atoms with Gasteiger partial charge in [0.15, 0.2) is 0 Å². The number of azide groups is 1. The maximum Gasteiger partial charge on any atom is 0.349 e. The van der Waals surface area contributed by atoms with Crippen molar-refractivity contribution in [3.05, 3.63) is 50.7 Å². The van der Waals surface area contributed by atoms with Gasteiger partial charge in [-0.25, -0.2) is 4.79 Å². The van der Waals surface area contributed by atoms with Crippen molar-refractivity contribution in [3.8, 4) is 0 Å². The Hall–Kier alpha value is -3.11. The number of benzene rings is 1. The number of fused-ring (bicyclic) bond motifs is 1. The molecule has 1 aromatic carbocycles.